The van der Waals surface area contributed by atoms with Crippen molar-refractivity contribution in [2.75, 3.05) is 11.1 Å². The quantitative estimate of drug-likeness (QED) is 0.465. The van der Waals surface area contributed by atoms with Gasteiger partial charge in [-0.25, -0.2) is 4.68 Å². The van der Waals surface area contributed by atoms with Gasteiger partial charge >= 0.3 is 0 Å². The molecule has 0 aliphatic rings. The number of nitrogen functional groups attached to an aromatic ring is 1. The van der Waals surface area contributed by atoms with Crippen LogP contribution in [-0.2, 0) is 11.2 Å². The molecule has 1 aromatic carbocycles. The van der Waals surface area contributed by atoms with Crippen LogP contribution in [0.3, 0.4) is 0 Å². The minimum absolute atomic E-state index is 0.1000. The average Bonchev–Trinajstić information content (AvgIpc) is 3.30. The number of benzene rings is 1. The third-order valence-corrected chi connectivity index (χ3v) is 5.15. The number of nitrogens with one attached hydrogen (secondary N) is 1. The Morgan fingerprint density at radius 2 is 1.91 bits per heavy atom. The second-order valence-corrected chi connectivity index (χ2v) is 9.16. The third kappa shape index (κ3) is 5.11. The lowest BCUT2D eigenvalue weighted by atomic mass is 9.90. The maximum atomic E-state index is 14.7. The standard InChI is InChI=1S/C24H31FN6O3/c1-12(2)31-20(26)17(21(27)32)19(29-31)15-9-7-14(8-10-15)13(3)22(33)28-23-18(25)16(30-34-23)11-24(4,5)6/h7-10,12-13H,11,26H2,1-6H3,(H2,27,32)(H,28,33)/i1D3,2D3. The zero-order chi connectivity index (χ0) is 30.4. The van der Waals surface area contributed by atoms with Crippen molar-refractivity contribution in [2.24, 2.45) is 11.1 Å². The molecule has 3 aromatic rings. The van der Waals surface area contributed by atoms with Crippen LogP contribution in [0.4, 0.5) is 16.1 Å². The summed E-state index contributed by atoms with van der Waals surface area (Å²) >= 11 is 0. The largest absolute Gasteiger partial charge is 0.383 e. The Balaban J connectivity index is 1.90. The monoisotopic (exact) mass is 476 g/mol. The SMILES string of the molecule is [2H]C([2H])([2H])C(n1nc(-c2ccc(C(C)C(=O)Nc3onc(CC(C)(C)C)c3F)cc2)c(C(N)=O)c1N)C([2H])([2H])[2H]. The second kappa shape index (κ2) is 9.28. The van der Waals surface area contributed by atoms with Crippen molar-refractivity contribution >= 4 is 23.5 Å². The molecule has 0 fully saturated rings. The fourth-order valence-corrected chi connectivity index (χ4v) is 3.39. The molecule has 2 heterocycles. The van der Waals surface area contributed by atoms with Crippen LogP contribution in [0.25, 0.3) is 11.3 Å². The minimum Gasteiger partial charge on any atom is -0.383 e. The van der Waals surface area contributed by atoms with Gasteiger partial charge in [-0.15, -0.1) is 0 Å². The molecule has 5 N–H and O–H groups in total. The molecule has 0 bridgehead atoms. The lowest BCUT2D eigenvalue weighted by Crippen LogP contribution is -2.19. The van der Waals surface area contributed by atoms with E-state index in [9.17, 15) is 14.0 Å². The first-order valence-electron chi connectivity index (χ1n) is 13.5. The number of halogens is 1. The molecule has 3 rings (SSSR count). The van der Waals surface area contributed by atoms with E-state index in [-0.39, 0.29) is 27.9 Å². The van der Waals surface area contributed by atoms with E-state index in [4.69, 9.17) is 24.2 Å². The average molecular weight is 477 g/mol. The summed E-state index contributed by atoms with van der Waals surface area (Å²) in [5.41, 5.74) is 11.6. The van der Waals surface area contributed by atoms with Gasteiger partial charge in [0.25, 0.3) is 11.8 Å². The number of amides is 2. The number of hydrogen-bond donors (Lipinski definition) is 3. The van der Waals surface area contributed by atoms with Crippen molar-refractivity contribution in [3.8, 4) is 11.3 Å². The number of hydrogen-bond acceptors (Lipinski definition) is 6. The highest BCUT2D eigenvalue weighted by Crippen LogP contribution is 2.31. The summed E-state index contributed by atoms with van der Waals surface area (Å²) in [6.45, 7) is 1.26. The second-order valence-electron chi connectivity index (χ2n) is 9.16. The predicted octanol–water partition coefficient (Wildman–Crippen LogP) is 4.27. The molecule has 0 saturated heterocycles. The number of carbonyl (C=O) groups excluding carboxylic acids is 2. The number of nitrogens with two attached hydrogens (primary N) is 2. The molecule has 1 atom stereocenters. The Morgan fingerprint density at radius 3 is 2.47 bits per heavy atom. The van der Waals surface area contributed by atoms with Crippen molar-refractivity contribution < 1.29 is 26.7 Å². The van der Waals surface area contributed by atoms with Gasteiger partial charge in [0.1, 0.15) is 22.8 Å². The van der Waals surface area contributed by atoms with Crippen LogP contribution in [0, 0.1) is 11.2 Å². The van der Waals surface area contributed by atoms with Crippen LogP contribution in [0.15, 0.2) is 28.8 Å². The van der Waals surface area contributed by atoms with Crippen molar-refractivity contribution in [3.63, 3.8) is 0 Å². The summed E-state index contributed by atoms with van der Waals surface area (Å²) in [4.78, 5) is 25.0. The minimum atomic E-state index is -3.03. The van der Waals surface area contributed by atoms with Crippen LogP contribution >= 0.6 is 0 Å². The topological polar surface area (TPSA) is 142 Å². The molecule has 10 heteroatoms. The first-order valence-corrected chi connectivity index (χ1v) is 10.5. The van der Waals surface area contributed by atoms with E-state index in [0.717, 1.165) is 0 Å². The van der Waals surface area contributed by atoms with Crippen LogP contribution in [0.1, 0.15) is 83.2 Å². The van der Waals surface area contributed by atoms with Crippen LogP contribution in [-0.4, -0.2) is 26.8 Å². The molecule has 0 spiro atoms. The fourth-order valence-electron chi connectivity index (χ4n) is 3.39. The summed E-state index contributed by atoms with van der Waals surface area (Å²) < 4.78 is 66.4. The Kier molecular flexibility index (Phi) is 4.84. The maximum Gasteiger partial charge on any atom is 0.267 e. The Morgan fingerprint density at radius 1 is 1.26 bits per heavy atom. The predicted molar refractivity (Wildman–Crippen MR) is 128 cm³/mol. The third-order valence-electron chi connectivity index (χ3n) is 5.15. The maximum absolute atomic E-state index is 14.7. The van der Waals surface area contributed by atoms with Crippen LogP contribution in [0.5, 0.6) is 0 Å². The normalized spacial score (nSPS) is 16.1. The van der Waals surface area contributed by atoms with Crippen LogP contribution < -0.4 is 16.8 Å². The first kappa shape index (κ1) is 17.7. The summed E-state index contributed by atoms with van der Waals surface area (Å²) in [5.74, 6) is -4.03. The molecular weight excluding hydrogens is 439 g/mol. The summed E-state index contributed by atoms with van der Waals surface area (Å²) in [6, 6.07) is 3.90. The van der Waals surface area contributed by atoms with Crippen molar-refractivity contribution in [1.29, 1.82) is 0 Å². The highest BCUT2D eigenvalue weighted by Gasteiger charge is 2.26. The number of primary amides is 1. The Labute approximate surface area is 206 Å². The van der Waals surface area contributed by atoms with Gasteiger partial charge in [-0.3, -0.25) is 14.9 Å². The molecule has 182 valence electrons. The van der Waals surface area contributed by atoms with Crippen molar-refractivity contribution in [3.05, 3.63) is 46.9 Å². The van der Waals surface area contributed by atoms with Gasteiger partial charge in [-0.2, -0.15) is 9.49 Å². The fraction of sp³-hybridized carbons (Fsp3) is 0.417. The number of carbonyl (C=O) groups is 2. The zero-order valence-electron chi connectivity index (χ0n) is 25.3. The van der Waals surface area contributed by atoms with E-state index in [1.165, 1.54) is 24.3 Å². The molecule has 2 amide bonds. The summed E-state index contributed by atoms with van der Waals surface area (Å²) in [6.07, 6.45) is 0.308. The van der Waals surface area contributed by atoms with E-state index in [1.807, 2.05) is 20.8 Å². The van der Waals surface area contributed by atoms with E-state index in [0.29, 0.717) is 16.7 Å². The van der Waals surface area contributed by atoms with Crippen molar-refractivity contribution in [2.45, 2.75) is 59.8 Å². The Hall–Kier alpha value is -3.69. The number of anilines is 2. The molecule has 34 heavy (non-hydrogen) atoms. The number of aromatic nitrogens is 3. The molecule has 0 aliphatic heterocycles. The van der Waals surface area contributed by atoms with E-state index in [1.54, 1.807) is 6.92 Å². The molecule has 1 unspecified atom stereocenters. The molecular formula is C24H31FN6O3. The van der Waals surface area contributed by atoms with Gasteiger partial charge in [0.15, 0.2) is 0 Å². The van der Waals surface area contributed by atoms with E-state index < -0.39 is 55.0 Å². The van der Waals surface area contributed by atoms with Gasteiger partial charge in [0.2, 0.25) is 11.7 Å². The highest BCUT2D eigenvalue weighted by atomic mass is 19.1. The zero-order valence-corrected chi connectivity index (χ0v) is 19.3. The lowest BCUT2D eigenvalue weighted by Gasteiger charge is -2.15. The smallest absolute Gasteiger partial charge is 0.267 e. The van der Waals surface area contributed by atoms with Gasteiger partial charge < -0.3 is 16.0 Å². The first-order chi connectivity index (χ1) is 18.2. The van der Waals surface area contributed by atoms with E-state index in [2.05, 4.69) is 15.6 Å². The van der Waals surface area contributed by atoms with Crippen LogP contribution in [0.2, 0.25) is 0 Å². The van der Waals surface area contributed by atoms with Gasteiger partial charge in [0, 0.05) is 26.3 Å². The summed E-state index contributed by atoms with van der Waals surface area (Å²) in [5, 5.41) is 10.2. The van der Waals surface area contributed by atoms with E-state index >= 15 is 0 Å². The highest BCUT2D eigenvalue weighted by molar-refractivity contribution is 6.03. The molecule has 2 aromatic heterocycles. The van der Waals surface area contributed by atoms with Gasteiger partial charge in [-0.1, -0.05) is 50.2 Å². The van der Waals surface area contributed by atoms with Gasteiger partial charge in [-0.05, 0) is 31.6 Å². The number of nitrogens with zero attached hydrogens (tertiary/aromatic N) is 3. The van der Waals surface area contributed by atoms with Gasteiger partial charge in [0.05, 0.1) is 5.92 Å². The van der Waals surface area contributed by atoms with Crippen molar-refractivity contribution in [1.82, 2.24) is 14.9 Å². The molecule has 0 radical (unpaired) electrons. The molecule has 0 saturated carbocycles. The Bertz CT molecular complexity index is 1390. The lowest BCUT2D eigenvalue weighted by molar-refractivity contribution is -0.117. The molecule has 9 nitrogen and oxygen atoms in total. The number of rotatable bonds is 7. The molecule has 0 aliphatic carbocycles. The summed E-state index contributed by atoms with van der Waals surface area (Å²) in [7, 11) is 0.